The van der Waals surface area contributed by atoms with Crippen molar-refractivity contribution in [2.75, 3.05) is 0 Å². The van der Waals surface area contributed by atoms with Crippen molar-refractivity contribution in [1.29, 1.82) is 0 Å². The third-order valence-electron chi connectivity index (χ3n) is 5.47. The molecule has 0 spiro atoms. The van der Waals surface area contributed by atoms with Gasteiger partial charge in [0.25, 0.3) is 9.03 Å². The highest BCUT2D eigenvalue weighted by atomic mass is 31.1. The van der Waals surface area contributed by atoms with Crippen molar-refractivity contribution in [2.24, 2.45) is 0 Å². The van der Waals surface area contributed by atoms with E-state index in [0.29, 0.717) is 0 Å². The van der Waals surface area contributed by atoms with Crippen LogP contribution < -0.4 is 9.05 Å². The van der Waals surface area contributed by atoms with Crippen LogP contribution in [0.5, 0.6) is 11.5 Å². The fourth-order valence-corrected chi connectivity index (χ4v) is 4.70. The lowest BCUT2D eigenvalue weighted by molar-refractivity contribution is 0.462. The molecule has 0 N–H and O–H groups in total. The summed E-state index contributed by atoms with van der Waals surface area (Å²) in [7, 11) is -0.102. The van der Waals surface area contributed by atoms with Crippen LogP contribution in [0.2, 0.25) is 0 Å². The normalized spacial score (nSPS) is 13.3. The van der Waals surface area contributed by atoms with E-state index < -0.39 is 0 Å². The molecule has 0 saturated carbocycles. The molecule has 0 fully saturated rings. The van der Waals surface area contributed by atoms with Crippen LogP contribution in [0.1, 0.15) is 105 Å². The average Bonchev–Trinajstić information content (AvgIpc) is 2.58. The first-order valence-electron chi connectivity index (χ1n) is 11.3. The van der Waals surface area contributed by atoms with Crippen molar-refractivity contribution in [2.45, 2.75) is 105 Å². The molecule has 0 amide bonds. The van der Waals surface area contributed by atoms with Gasteiger partial charge in [0.05, 0.1) is 0 Å². The predicted octanol–water partition coefficient (Wildman–Crippen LogP) is 8.84. The summed E-state index contributed by atoms with van der Waals surface area (Å²) < 4.78 is 12.6. The van der Waals surface area contributed by atoms with Gasteiger partial charge in [0, 0.05) is 11.1 Å². The number of benzene rings is 2. The van der Waals surface area contributed by atoms with Gasteiger partial charge in [0.1, 0.15) is 11.5 Å². The van der Waals surface area contributed by atoms with E-state index in [0.717, 1.165) is 11.5 Å². The molecule has 0 saturated heterocycles. The summed E-state index contributed by atoms with van der Waals surface area (Å²) in [5, 5.41) is 0. The summed E-state index contributed by atoms with van der Waals surface area (Å²) in [6.07, 6.45) is 0. The maximum Gasteiger partial charge on any atom is 0.275 e. The van der Waals surface area contributed by atoms with Crippen LogP contribution >= 0.6 is 9.03 Å². The lowest BCUT2D eigenvalue weighted by Gasteiger charge is -2.32. The molecule has 2 aromatic carbocycles. The molecule has 172 valence electrons. The van der Waals surface area contributed by atoms with Gasteiger partial charge >= 0.3 is 0 Å². The van der Waals surface area contributed by atoms with Gasteiger partial charge in [-0.3, -0.25) is 0 Å². The van der Waals surface area contributed by atoms with E-state index in [1.165, 1.54) is 22.3 Å². The summed E-state index contributed by atoms with van der Waals surface area (Å²) >= 11 is 0. The topological polar surface area (TPSA) is 18.5 Å². The van der Waals surface area contributed by atoms with E-state index in [9.17, 15) is 0 Å². The monoisotopic (exact) mass is 442 g/mol. The molecule has 0 unspecified atom stereocenters. The zero-order valence-corrected chi connectivity index (χ0v) is 22.8. The molecule has 0 aliphatic rings. The van der Waals surface area contributed by atoms with Crippen LogP contribution in [0.4, 0.5) is 0 Å². The molecule has 2 rings (SSSR count). The van der Waals surface area contributed by atoms with E-state index in [1.807, 2.05) is 0 Å². The van der Waals surface area contributed by atoms with E-state index >= 15 is 0 Å². The van der Waals surface area contributed by atoms with Crippen LogP contribution in [0.25, 0.3) is 0 Å². The molecule has 0 radical (unpaired) electrons. The molecule has 0 bridgehead atoms. The van der Waals surface area contributed by atoms with Crippen molar-refractivity contribution in [3.8, 4) is 11.5 Å². The minimum atomic E-state index is -0.102. The third kappa shape index (κ3) is 6.26. The summed E-state index contributed by atoms with van der Waals surface area (Å²) in [5.41, 5.74) is 5.23. The Bertz CT molecular complexity index is 825. The van der Waals surface area contributed by atoms with Crippen LogP contribution in [0.3, 0.4) is 0 Å². The van der Waals surface area contributed by atoms with Crippen molar-refractivity contribution >= 4 is 9.03 Å². The van der Waals surface area contributed by atoms with Gasteiger partial charge in [-0.25, -0.2) is 0 Å². The smallest absolute Gasteiger partial charge is 0.275 e. The molecule has 0 aliphatic carbocycles. The van der Waals surface area contributed by atoms with E-state index in [-0.39, 0.29) is 30.7 Å². The van der Waals surface area contributed by atoms with Gasteiger partial charge < -0.3 is 9.05 Å². The fourth-order valence-electron chi connectivity index (χ4n) is 4.14. The molecule has 0 aromatic heterocycles. The van der Waals surface area contributed by atoms with Gasteiger partial charge in [0.15, 0.2) is 0 Å². The predicted molar refractivity (Wildman–Crippen MR) is 137 cm³/mol. The van der Waals surface area contributed by atoms with Crippen LogP contribution in [-0.4, -0.2) is 0 Å². The maximum absolute atomic E-state index is 6.30. The van der Waals surface area contributed by atoms with Crippen molar-refractivity contribution in [1.82, 2.24) is 0 Å². The van der Waals surface area contributed by atoms with Crippen molar-refractivity contribution < 1.29 is 9.05 Å². The SMILES string of the molecule is CC(C)(C)c1cccc(OPOc2cccc(C(C)(C)C)c2C(C)(C)C)c1C(C)(C)C. The van der Waals surface area contributed by atoms with E-state index in [2.05, 4.69) is 119 Å². The Morgan fingerprint density at radius 3 is 1.06 bits per heavy atom. The molecule has 3 heteroatoms. The lowest BCUT2D eigenvalue weighted by Crippen LogP contribution is -2.23. The zero-order valence-electron chi connectivity index (χ0n) is 21.8. The summed E-state index contributed by atoms with van der Waals surface area (Å²) in [5.74, 6) is 1.84. The Labute approximate surface area is 193 Å². The zero-order chi connectivity index (χ0) is 23.8. The largest absolute Gasteiger partial charge is 0.440 e. The van der Waals surface area contributed by atoms with Crippen LogP contribution in [0.15, 0.2) is 36.4 Å². The minimum absolute atomic E-state index is 0.0214. The highest BCUT2D eigenvalue weighted by molar-refractivity contribution is 7.27. The third-order valence-corrected chi connectivity index (χ3v) is 6.08. The standard InChI is InChI=1S/C28H43O2P/c1-25(2,3)19-15-13-17-21(23(19)27(7,8)9)29-31-30-22-18-14-16-20(26(4,5)6)24(22)28(10,11)12/h13-18,31H,1-12H3. The summed E-state index contributed by atoms with van der Waals surface area (Å²) in [4.78, 5) is 0. The second-order valence-electron chi connectivity index (χ2n) is 12.6. The number of rotatable bonds is 4. The van der Waals surface area contributed by atoms with Crippen LogP contribution in [0, 0.1) is 0 Å². The molecule has 2 aromatic rings. The summed E-state index contributed by atoms with van der Waals surface area (Å²) in [6.45, 7) is 27.0. The molecule has 0 atom stereocenters. The Hall–Kier alpha value is -1.53. The highest BCUT2D eigenvalue weighted by Gasteiger charge is 2.30. The van der Waals surface area contributed by atoms with Gasteiger partial charge in [0.2, 0.25) is 0 Å². The fraction of sp³-hybridized carbons (Fsp3) is 0.571. The van der Waals surface area contributed by atoms with Crippen molar-refractivity contribution in [3.05, 3.63) is 58.7 Å². The number of hydrogen-bond acceptors (Lipinski definition) is 2. The first kappa shape index (κ1) is 25.7. The van der Waals surface area contributed by atoms with E-state index in [1.54, 1.807) is 0 Å². The summed E-state index contributed by atoms with van der Waals surface area (Å²) in [6, 6.07) is 12.8. The number of hydrogen-bond donors (Lipinski definition) is 0. The average molecular weight is 443 g/mol. The van der Waals surface area contributed by atoms with E-state index in [4.69, 9.17) is 9.05 Å². The Morgan fingerprint density at radius 2 is 0.806 bits per heavy atom. The quantitative estimate of drug-likeness (QED) is 0.440. The Balaban J connectivity index is 2.40. The molecule has 0 heterocycles. The van der Waals surface area contributed by atoms with Gasteiger partial charge in [-0.1, -0.05) is 107 Å². The molecule has 0 aliphatic heterocycles. The second-order valence-corrected chi connectivity index (χ2v) is 13.2. The van der Waals surface area contributed by atoms with Gasteiger partial charge in [-0.15, -0.1) is 0 Å². The molecular weight excluding hydrogens is 399 g/mol. The lowest BCUT2D eigenvalue weighted by atomic mass is 9.75. The molecule has 2 nitrogen and oxygen atoms in total. The van der Waals surface area contributed by atoms with Crippen LogP contribution in [-0.2, 0) is 21.7 Å². The first-order chi connectivity index (χ1) is 13.9. The van der Waals surface area contributed by atoms with Crippen molar-refractivity contribution in [3.63, 3.8) is 0 Å². The molecule has 31 heavy (non-hydrogen) atoms. The second kappa shape index (κ2) is 8.78. The first-order valence-corrected chi connectivity index (χ1v) is 12.1. The van der Waals surface area contributed by atoms with Gasteiger partial charge in [-0.05, 0) is 44.9 Å². The maximum atomic E-state index is 6.30. The highest BCUT2D eigenvalue weighted by Crippen LogP contribution is 2.44. The Morgan fingerprint density at radius 1 is 0.484 bits per heavy atom. The minimum Gasteiger partial charge on any atom is -0.440 e. The Kier molecular flexibility index (Phi) is 7.29. The molecular formula is C28H43O2P. The van der Waals surface area contributed by atoms with Gasteiger partial charge in [-0.2, -0.15) is 0 Å².